The quantitative estimate of drug-likeness (QED) is 0.915. The van der Waals surface area contributed by atoms with E-state index in [0.717, 1.165) is 27.1 Å². The summed E-state index contributed by atoms with van der Waals surface area (Å²) in [5, 5.41) is 3.52. The Balaban J connectivity index is 1.88. The summed E-state index contributed by atoms with van der Waals surface area (Å²) in [4.78, 5) is 4.37. The van der Waals surface area contributed by atoms with Gasteiger partial charge < -0.3 is 5.32 Å². The summed E-state index contributed by atoms with van der Waals surface area (Å²) in [6.07, 6.45) is 4.44. The lowest BCUT2D eigenvalue weighted by molar-refractivity contribution is 0.239. The minimum absolute atomic E-state index is 0.692. The fraction of sp³-hybridized carbons (Fsp3) is 0.545. The molecule has 0 unspecified atom stereocenters. The molecule has 2 rings (SSSR count). The lowest BCUT2D eigenvalue weighted by atomic mass is 9.82. The maximum Gasteiger partial charge on any atom is 0.0684 e. The van der Waals surface area contributed by atoms with Crippen LogP contribution in [0.4, 0.5) is 0 Å². The molecule has 0 amide bonds. The predicted octanol–water partition coefficient (Wildman–Crippen LogP) is 3.49. The zero-order valence-electron chi connectivity index (χ0n) is 8.63. The summed E-state index contributed by atoms with van der Waals surface area (Å²) in [6.45, 7) is 3.15. The van der Waals surface area contributed by atoms with Gasteiger partial charge in [-0.25, -0.2) is 0 Å². The SMILES string of the molecule is CC1CC(NCc2ncc(Br)cc2Br)C1. The first-order chi connectivity index (χ1) is 7.15. The summed E-state index contributed by atoms with van der Waals surface area (Å²) in [6, 6.07) is 2.73. The first-order valence-electron chi connectivity index (χ1n) is 5.18. The fourth-order valence-electron chi connectivity index (χ4n) is 1.88. The normalized spacial score (nSPS) is 25.0. The largest absolute Gasteiger partial charge is 0.308 e. The zero-order chi connectivity index (χ0) is 10.8. The molecule has 1 aromatic rings. The molecule has 1 aliphatic carbocycles. The highest BCUT2D eigenvalue weighted by molar-refractivity contribution is 9.11. The summed E-state index contributed by atoms with van der Waals surface area (Å²) >= 11 is 6.91. The van der Waals surface area contributed by atoms with Crippen molar-refractivity contribution in [1.82, 2.24) is 10.3 Å². The van der Waals surface area contributed by atoms with Gasteiger partial charge in [0.1, 0.15) is 0 Å². The molecule has 0 atom stereocenters. The van der Waals surface area contributed by atoms with Crippen LogP contribution in [-0.2, 0) is 6.54 Å². The van der Waals surface area contributed by atoms with Gasteiger partial charge in [-0.3, -0.25) is 4.98 Å². The molecule has 1 saturated carbocycles. The number of nitrogens with zero attached hydrogens (tertiary/aromatic N) is 1. The van der Waals surface area contributed by atoms with E-state index in [9.17, 15) is 0 Å². The van der Waals surface area contributed by atoms with Crippen LogP contribution >= 0.6 is 31.9 Å². The van der Waals surface area contributed by atoms with E-state index in [-0.39, 0.29) is 0 Å². The molecule has 1 N–H and O–H groups in total. The second kappa shape index (κ2) is 4.93. The van der Waals surface area contributed by atoms with E-state index in [1.54, 1.807) is 0 Å². The maximum atomic E-state index is 4.37. The average molecular weight is 334 g/mol. The molecule has 0 saturated heterocycles. The molecule has 82 valence electrons. The first kappa shape index (κ1) is 11.6. The lowest BCUT2D eigenvalue weighted by Crippen LogP contribution is -2.39. The number of aromatic nitrogens is 1. The van der Waals surface area contributed by atoms with E-state index < -0.39 is 0 Å². The van der Waals surface area contributed by atoms with Crippen molar-refractivity contribution >= 4 is 31.9 Å². The second-order valence-corrected chi connectivity index (χ2v) is 6.01. The molecule has 4 heteroatoms. The van der Waals surface area contributed by atoms with Crippen LogP contribution in [0, 0.1) is 5.92 Å². The average Bonchev–Trinajstić information content (AvgIpc) is 2.13. The molecule has 1 fully saturated rings. The third kappa shape index (κ3) is 3.02. The van der Waals surface area contributed by atoms with Gasteiger partial charge in [0.25, 0.3) is 0 Å². The van der Waals surface area contributed by atoms with Crippen molar-refractivity contribution in [2.75, 3.05) is 0 Å². The highest BCUT2D eigenvalue weighted by Crippen LogP contribution is 2.27. The van der Waals surface area contributed by atoms with Crippen LogP contribution in [0.1, 0.15) is 25.5 Å². The molecular weight excluding hydrogens is 320 g/mol. The minimum Gasteiger partial charge on any atom is -0.308 e. The Morgan fingerprint density at radius 1 is 1.47 bits per heavy atom. The molecule has 0 radical (unpaired) electrons. The molecule has 0 bridgehead atoms. The monoisotopic (exact) mass is 332 g/mol. The molecule has 15 heavy (non-hydrogen) atoms. The molecule has 1 heterocycles. The van der Waals surface area contributed by atoms with Crippen molar-refractivity contribution in [2.24, 2.45) is 5.92 Å². The summed E-state index contributed by atoms with van der Waals surface area (Å²) < 4.78 is 2.08. The Hall–Kier alpha value is 0.0700. The van der Waals surface area contributed by atoms with Crippen LogP contribution in [0.25, 0.3) is 0 Å². The van der Waals surface area contributed by atoms with Gasteiger partial charge in [-0.2, -0.15) is 0 Å². The Bertz CT molecular complexity index is 348. The van der Waals surface area contributed by atoms with E-state index in [0.29, 0.717) is 6.04 Å². The van der Waals surface area contributed by atoms with Crippen LogP contribution in [0.15, 0.2) is 21.2 Å². The standard InChI is InChI=1S/C11H14Br2N2/c1-7-2-9(3-7)14-6-11-10(13)4-8(12)5-15-11/h4-5,7,9,14H,2-3,6H2,1H3. The van der Waals surface area contributed by atoms with Gasteiger partial charge in [0, 0.05) is 27.7 Å². The van der Waals surface area contributed by atoms with Crippen molar-refractivity contribution in [3.05, 3.63) is 26.9 Å². The molecular formula is C11H14Br2N2. The van der Waals surface area contributed by atoms with Gasteiger partial charge in [0.05, 0.1) is 5.69 Å². The highest BCUT2D eigenvalue weighted by Gasteiger charge is 2.24. The Kier molecular flexibility index (Phi) is 3.80. The van der Waals surface area contributed by atoms with Gasteiger partial charge in [-0.1, -0.05) is 6.92 Å². The summed E-state index contributed by atoms with van der Waals surface area (Å²) in [7, 11) is 0. The number of rotatable bonds is 3. The third-order valence-electron chi connectivity index (χ3n) is 2.82. The topological polar surface area (TPSA) is 24.9 Å². The fourth-order valence-corrected chi connectivity index (χ4v) is 3.01. The lowest BCUT2D eigenvalue weighted by Gasteiger charge is -2.33. The van der Waals surface area contributed by atoms with E-state index in [2.05, 4.69) is 49.1 Å². The number of hydrogen-bond donors (Lipinski definition) is 1. The smallest absolute Gasteiger partial charge is 0.0684 e. The van der Waals surface area contributed by atoms with Crippen molar-refractivity contribution in [1.29, 1.82) is 0 Å². The Morgan fingerprint density at radius 3 is 2.80 bits per heavy atom. The minimum atomic E-state index is 0.692. The van der Waals surface area contributed by atoms with Crippen LogP contribution in [0.3, 0.4) is 0 Å². The molecule has 0 aromatic carbocycles. The highest BCUT2D eigenvalue weighted by atomic mass is 79.9. The summed E-state index contributed by atoms with van der Waals surface area (Å²) in [5.41, 5.74) is 1.08. The van der Waals surface area contributed by atoms with E-state index in [1.165, 1.54) is 12.8 Å². The van der Waals surface area contributed by atoms with Gasteiger partial charge in [-0.05, 0) is 56.7 Å². The van der Waals surface area contributed by atoms with E-state index >= 15 is 0 Å². The maximum absolute atomic E-state index is 4.37. The van der Waals surface area contributed by atoms with Crippen molar-refractivity contribution in [2.45, 2.75) is 32.4 Å². The molecule has 1 aliphatic rings. The van der Waals surface area contributed by atoms with Crippen LogP contribution in [0.5, 0.6) is 0 Å². The van der Waals surface area contributed by atoms with Crippen molar-refractivity contribution in [3.8, 4) is 0 Å². The summed E-state index contributed by atoms with van der Waals surface area (Å²) in [5.74, 6) is 0.892. The Labute approximate surface area is 107 Å². The second-order valence-electron chi connectivity index (χ2n) is 4.24. The molecule has 1 aromatic heterocycles. The molecule has 2 nitrogen and oxygen atoms in total. The van der Waals surface area contributed by atoms with Gasteiger partial charge in [-0.15, -0.1) is 0 Å². The van der Waals surface area contributed by atoms with Crippen molar-refractivity contribution in [3.63, 3.8) is 0 Å². The molecule has 0 spiro atoms. The number of nitrogens with one attached hydrogen (secondary N) is 1. The van der Waals surface area contributed by atoms with E-state index in [1.807, 2.05) is 12.3 Å². The zero-order valence-corrected chi connectivity index (χ0v) is 11.8. The molecule has 0 aliphatic heterocycles. The van der Waals surface area contributed by atoms with Gasteiger partial charge >= 0.3 is 0 Å². The predicted molar refractivity (Wildman–Crippen MR) is 68.7 cm³/mol. The number of pyridine rings is 1. The first-order valence-corrected chi connectivity index (χ1v) is 6.77. The van der Waals surface area contributed by atoms with Gasteiger partial charge in [0.15, 0.2) is 0 Å². The van der Waals surface area contributed by atoms with Crippen LogP contribution < -0.4 is 5.32 Å². The Morgan fingerprint density at radius 2 is 2.20 bits per heavy atom. The third-order valence-corrected chi connectivity index (χ3v) is 3.94. The van der Waals surface area contributed by atoms with Crippen LogP contribution in [-0.4, -0.2) is 11.0 Å². The van der Waals surface area contributed by atoms with Gasteiger partial charge in [0.2, 0.25) is 0 Å². The number of halogens is 2. The van der Waals surface area contributed by atoms with Crippen molar-refractivity contribution < 1.29 is 0 Å². The van der Waals surface area contributed by atoms with E-state index in [4.69, 9.17) is 0 Å². The number of hydrogen-bond acceptors (Lipinski definition) is 2. The van der Waals surface area contributed by atoms with Crippen LogP contribution in [0.2, 0.25) is 0 Å².